The molecule has 0 aromatic heterocycles. The molecule has 0 amide bonds. The van der Waals surface area contributed by atoms with Crippen LogP contribution in [0, 0.1) is 0 Å². The summed E-state index contributed by atoms with van der Waals surface area (Å²) in [5, 5.41) is 12.7. The van der Waals surface area contributed by atoms with Gasteiger partial charge in [-0.05, 0) is 18.4 Å². The van der Waals surface area contributed by atoms with Crippen LogP contribution in [0.2, 0.25) is 0 Å². The van der Waals surface area contributed by atoms with E-state index in [0.717, 1.165) is 16.5 Å². The largest absolute Gasteiger partial charge is 0.490 e. The molecule has 1 N–H and O–H groups in total. The number of rotatable bonds is 5. The second-order valence-electron chi connectivity index (χ2n) is 5.67. The van der Waals surface area contributed by atoms with Gasteiger partial charge in [0.15, 0.2) is 11.5 Å². The lowest BCUT2D eigenvalue weighted by molar-refractivity contribution is -0.0856. The Labute approximate surface area is 130 Å². The van der Waals surface area contributed by atoms with Crippen molar-refractivity contribution in [1.29, 1.82) is 0 Å². The van der Waals surface area contributed by atoms with Crippen LogP contribution in [0.4, 0.5) is 0 Å². The van der Waals surface area contributed by atoms with Gasteiger partial charge >= 0.3 is 0 Å². The zero-order valence-electron chi connectivity index (χ0n) is 12.9. The highest BCUT2D eigenvalue weighted by molar-refractivity contribution is 5.90. The molecule has 0 saturated carbocycles. The van der Waals surface area contributed by atoms with Gasteiger partial charge in [-0.3, -0.25) is 0 Å². The Morgan fingerprint density at radius 1 is 1.09 bits per heavy atom. The van der Waals surface area contributed by atoms with E-state index in [2.05, 4.69) is 0 Å². The highest BCUT2D eigenvalue weighted by Crippen LogP contribution is 2.36. The van der Waals surface area contributed by atoms with Crippen LogP contribution >= 0.6 is 0 Å². The molecule has 0 radical (unpaired) electrons. The van der Waals surface area contributed by atoms with Gasteiger partial charge in [0.25, 0.3) is 0 Å². The van der Waals surface area contributed by atoms with E-state index >= 15 is 0 Å². The van der Waals surface area contributed by atoms with Crippen molar-refractivity contribution in [2.24, 2.45) is 0 Å². The molecule has 118 valence electrons. The molecule has 4 nitrogen and oxygen atoms in total. The first kappa shape index (κ1) is 15.1. The SMILES string of the molecule is CCOc1ccc2ccccc2c1OCC1(O)CCOCC1. The minimum Gasteiger partial charge on any atom is -0.490 e. The van der Waals surface area contributed by atoms with Crippen LogP contribution in [-0.2, 0) is 4.74 Å². The van der Waals surface area contributed by atoms with Gasteiger partial charge in [-0.15, -0.1) is 0 Å². The number of benzene rings is 2. The number of fused-ring (bicyclic) bond motifs is 1. The minimum atomic E-state index is -0.821. The van der Waals surface area contributed by atoms with E-state index in [9.17, 15) is 5.11 Å². The van der Waals surface area contributed by atoms with E-state index in [1.165, 1.54) is 0 Å². The van der Waals surface area contributed by atoms with Gasteiger partial charge in [-0.25, -0.2) is 0 Å². The average Bonchev–Trinajstić information content (AvgIpc) is 2.54. The van der Waals surface area contributed by atoms with Crippen LogP contribution in [0.3, 0.4) is 0 Å². The second-order valence-corrected chi connectivity index (χ2v) is 5.67. The predicted molar refractivity (Wildman–Crippen MR) is 85.6 cm³/mol. The van der Waals surface area contributed by atoms with E-state index in [4.69, 9.17) is 14.2 Å². The van der Waals surface area contributed by atoms with Gasteiger partial charge in [0.05, 0.1) is 6.61 Å². The Morgan fingerprint density at radius 2 is 1.86 bits per heavy atom. The molecule has 0 aliphatic carbocycles. The summed E-state index contributed by atoms with van der Waals surface area (Å²) in [4.78, 5) is 0. The third-order valence-electron chi connectivity index (χ3n) is 4.05. The van der Waals surface area contributed by atoms with Gasteiger partial charge in [0, 0.05) is 31.4 Å². The fourth-order valence-electron chi connectivity index (χ4n) is 2.74. The minimum absolute atomic E-state index is 0.254. The van der Waals surface area contributed by atoms with E-state index in [-0.39, 0.29) is 6.61 Å². The Morgan fingerprint density at radius 3 is 2.64 bits per heavy atom. The Kier molecular flexibility index (Phi) is 4.50. The number of ether oxygens (including phenoxy) is 3. The lowest BCUT2D eigenvalue weighted by Crippen LogP contribution is -2.41. The first-order valence-electron chi connectivity index (χ1n) is 7.79. The quantitative estimate of drug-likeness (QED) is 0.921. The maximum Gasteiger partial charge on any atom is 0.169 e. The number of aliphatic hydroxyl groups is 1. The third kappa shape index (κ3) is 3.18. The molecule has 2 aromatic rings. The van der Waals surface area contributed by atoms with Crippen molar-refractivity contribution in [1.82, 2.24) is 0 Å². The van der Waals surface area contributed by atoms with Crippen LogP contribution < -0.4 is 9.47 Å². The summed E-state index contributed by atoms with van der Waals surface area (Å²) in [6, 6.07) is 12.0. The lowest BCUT2D eigenvalue weighted by Gasteiger charge is -2.32. The van der Waals surface area contributed by atoms with Crippen molar-refractivity contribution >= 4 is 10.8 Å². The topological polar surface area (TPSA) is 47.9 Å². The number of hydrogen-bond acceptors (Lipinski definition) is 4. The van der Waals surface area contributed by atoms with Gasteiger partial charge in [0.1, 0.15) is 12.2 Å². The van der Waals surface area contributed by atoms with E-state index in [1.807, 2.05) is 43.3 Å². The summed E-state index contributed by atoms with van der Waals surface area (Å²) < 4.78 is 17.0. The Balaban J connectivity index is 1.88. The van der Waals surface area contributed by atoms with Crippen molar-refractivity contribution < 1.29 is 19.3 Å². The first-order valence-corrected chi connectivity index (χ1v) is 7.79. The molecule has 1 saturated heterocycles. The van der Waals surface area contributed by atoms with E-state index < -0.39 is 5.60 Å². The van der Waals surface area contributed by atoms with Gasteiger partial charge < -0.3 is 19.3 Å². The molecule has 0 spiro atoms. The molecule has 0 atom stereocenters. The molecule has 1 aliphatic heterocycles. The normalized spacial score (nSPS) is 17.4. The standard InChI is InChI=1S/C18H22O4/c1-2-21-16-8-7-14-5-3-4-6-15(14)17(16)22-13-18(19)9-11-20-12-10-18/h3-8,19H,2,9-13H2,1H3. The first-order chi connectivity index (χ1) is 10.7. The van der Waals surface area contributed by atoms with Gasteiger partial charge in [-0.1, -0.05) is 30.3 Å². The lowest BCUT2D eigenvalue weighted by atomic mass is 9.95. The summed E-state index contributed by atoms with van der Waals surface area (Å²) >= 11 is 0. The third-order valence-corrected chi connectivity index (χ3v) is 4.05. The van der Waals surface area contributed by atoms with Crippen LogP contribution in [0.5, 0.6) is 11.5 Å². The van der Waals surface area contributed by atoms with Crippen LogP contribution in [0.15, 0.2) is 36.4 Å². The molecule has 1 heterocycles. The highest BCUT2D eigenvalue weighted by atomic mass is 16.5. The van der Waals surface area contributed by atoms with Crippen LogP contribution in [0.1, 0.15) is 19.8 Å². The van der Waals surface area contributed by atoms with Crippen LogP contribution in [-0.4, -0.2) is 37.1 Å². The zero-order chi connectivity index (χ0) is 15.4. The molecule has 22 heavy (non-hydrogen) atoms. The van der Waals surface area contributed by atoms with Crippen molar-refractivity contribution in [3.05, 3.63) is 36.4 Å². The molecule has 1 aliphatic rings. The molecule has 2 aromatic carbocycles. The summed E-state index contributed by atoms with van der Waals surface area (Å²) in [5.41, 5.74) is -0.821. The fourth-order valence-corrected chi connectivity index (χ4v) is 2.74. The molecular formula is C18H22O4. The molecule has 1 fully saturated rings. The Bertz CT molecular complexity index is 632. The summed E-state index contributed by atoms with van der Waals surface area (Å²) in [6.45, 7) is 3.93. The molecular weight excluding hydrogens is 280 g/mol. The predicted octanol–water partition coefficient (Wildman–Crippen LogP) is 3.16. The maximum absolute atomic E-state index is 10.6. The highest BCUT2D eigenvalue weighted by Gasteiger charge is 2.31. The molecule has 0 bridgehead atoms. The molecule has 3 rings (SSSR count). The Hall–Kier alpha value is -1.78. The summed E-state index contributed by atoms with van der Waals surface area (Å²) in [5.74, 6) is 1.43. The van der Waals surface area contributed by atoms with Crippen LogP contribution in [0.25, 0.3) is 10.8 Å². The zero-order valence-corrected chi connectivity index (χ0v) is 12.9. The second kappa shape index (κ2) is 6.55. The van der Waals surface area contributed by atoms with E-state index in [0.29, 0.717) is 38.4 Å². The van der Waals surface area contributed by atoms with Gasteiger partial charge in [0.2, 0.25) is 0 Å². The maximum atomic E-state index is 10.6. The summed E-state index contributed by atoms with van der Waals surface area (Å²) in [6.07, 6.45) is 1.20. The van der Waals surface area contributed by atoms with Gasteiger partial charge in [-0.2, -0.15) is 0 Å². The fraction of sp³-hybridized carbons (Fsp3) is 0.444. The molecule has 0 unspecified atom stereocenters. The molecule has 4 heteroatoms. The van der Waals surface area contributed by atoms with Crippen molar-refractivity contribution in [2.45, 2.75) is 25.4 Å². The number of hydrogen-bond donors (Lipinski definition) is 1. The average molecular weight is 302 g/mol. The van der Waals surface area contributed by atoms with Crippen molar-refractivity contribution in [2.75, 3.05) is 26.4 Å². The monoisotopic (exact) mass is 302 g/mol. The van der Waals surface area contributed by atoms with Crippen molar-refractivity contribution in [3.63, 3.8) is 0 Å². The van der Waals surface area contributed by atoms with Crippen molar-refractivity contribution in [3.8, 4) is 11.5 Å². The smallest absolute Gasteiger partial charge is 0.169 e. The summed E-state index contributed by atoms with van der Waals surface area (Å²) in [7, 11) is 0. The van der Waals surface area contributed by atoms with E-state index in [1.54, 1.807) is 0 Å².